The van der Waals surface area contributed by atoms with E-state index >= 15 is 0 Å². The van der Waals surface area contributed by atoms with E-state index in [-0.39, 0.29) is 10.8 Å². The molecule has 0 saturated carbocycles. The van der Waals surface area contributed by atoms with Gasteiger partial charge in [-0.15, -0.1) is 0 Å². The van der Waals surface area contributed by atoms with E-state index in [9.17, 15) is 5.11 Å². The molecule has 0 unspecified atom stereocenters. The van der Waals surface area contributed by atoms with Gasteiger partial charge in [0.25, 0.3) is 0 Å². The van der Waals surface area contributed by atoms with E-state index in [1.807, 2.05) is 36.4 Å². The molecular weight excluding hydrogens is 318 g/mol. The molecule has 0 aliphatic carbocycles. The smallest absolute Gasteiger partial charge is 0.214 e. The molecule has 0 aliphatic heterocycles. The molecule has 0 radical (unpaired) electrons. The molecule has 0 fully saturated rings. The topological polar surface area (TPSA) is 42.4 Å². The molecule has 0 saturated heterocycles. The quantitative estimate of drug-likeness (QED) is 0.519. The molecule has 0 amide bonds. The molecule has 3 nitrogen and oxygen atoms in total. The Labute approximate surface area is 146 Å². The van der Waals surface area contributed by atoms with Crippen molar-refractivity contribution >= 4 is 28.0 Å². The van der Waals surface area contributed by atoms with Crippen molar-refractivity contribution in [3.05, 3.63) is 60.4 Å². The monoisotopic (exact) mass is 337 g/mol. The molecule has 3 rings (SSSR count). The molecule has 0 spiro atoms. The zero-order valence-corrected chi connectivity index (χ0v) is 14.3. The molecule has 1 heterocycles. The number of pyridine rings is 1. The number of unbranched alkanes of at least 4 members (excludes halogenated alkanes) is 1. The molecule has 4 heteroatoms. The zero-order chi connectivity index (χ0) is 16.9. The van der Waals surface area contributed by atoms with Crippen LogP contribution in [0, 0.1) is 0 Å². The lowest BCUT2D eigenvalue weighted by atomic mass is 10.0. The fourth-order valence-electron chi connectivity index (χ4n) is 2.55. The number of fused-ring (bicyclic) bond motifs is 1. The fourth-order valence-corrected chi connectivity index (χ4v) is 2.78. The summed E-state index contributed by atoms with van der Waals surface area (Å²) in [6, 6.07) is 16.0. The van der Waals surface area contributed by atoms with Crippen molar-refractivity contribution in [3.8, 4) is 16.9 Å². The van der Waals surface area contributed by atoms with Gasteiger partial charge < -0.3 is 9.84 Å². The van der Waals surface area contributed by atoms with Crippen LogP contribution >= 0.6 is 12.2 Å². The predicted molar refractivity (Wildman–Crippen MR) is 101 cm³/mol. The third-order valence-corrected chi connectivity index (χ3v) is 4.21. The van der Waals surface area contributed by atoms with E-state index in [0.29, 0.717) is 12.3 Å². The first-order valence-electron chi connectivity index (χ1n) is 8.05. The summed E-state index contributed by atoms with van der Waals surface area (Å²) < 4.78 is 5.50. The maximum atomic E-state index is 10.5. The van der Waals surface area contributed by atoms with Gasteiger partial charge in [0, 0.05) is 17.0 Å². The Morgan fingerprint density at radius 2 is 1.92 bits per heavy atom. The minimum absolute atomic E-state index is 0.0774. The summed E-state index contributed by atoms with van der Waals surface area (Å²) in [5.74, 6) is 0.0774. The first kappa shape index (κ1) is 16.4. The summed E-state index contributed by atoms with van der Waals surface area (Å²) in [5, 5.41) is 12.3. The van der Waals surface area contributed by atoms with Gasteiger partial charge in [-0.2, -0.15) is 0 Å². The Kier molecular flexibility index (Phi) is 5.06. The highest BCUT2D eigenvalue weighted by molar-refractivity contribution is 7.80. The number of hydrogen-bond donors (Lipinski definition) is 1. The van der Waals surface area contributed by atoms with Gasteiger partial charge in [-0.3, -0.25) is 0 Å². The highest BCUT2D eigenvalue weighted by atomic mass is 32.1. The van der Waals surface area contributed by atoms with Crippen molar-refractivity contribution in [2.24, 2.45) is 0 Å². The Hall–Kier alpha value is -2.46. The minimum Gasteiger partial charge on any atom is -0.505 e. The Morgan fingerprint density at radius 1 is 1.12 bits per heavy atom. The second-order valence-corrected chi connectivity index (χ2v) is 5.98. The molecule has 24 heavy (non-hydrogen) atoms. The summed E-state index contributed by atoms with van der Waals surface area (Å²) in [6.07, 6.45) is 3.68. The maximum Gasteiger partial charge on any atom is 0.214 e. The van der Waals surface area contributed by atoms with Crippen molar-refractivity contribution in [2.75, 3.05) is 6.61 Å². The normalized spacial score (nSPS) is 10.7. The molecule has 2 aromatic carbocycles. The van der Waals surface area contributed by atoms with Crippen LogP contribution in [0.25, 0.3) is 21.9 Å². The van der Waals surface area contributed by atoms with Gasteiger partial charge in [0.05, 0.1) is 6.61 Å². The average molecular weight is 337 g/mol. The van der Waals surface area contributed by atoms with Gasteiger partial charge in [-0.05, 0) is 41.9 Å². The largest absolute Gasteiger partial charge is 0.505 e. The van der Waals surface area contributed by atoms with Gasteiger partial charge in [-0.25, -0.2) is 4.98 Å². The van der Waals surface area contributed by atoms with Crippen LogP contribution in [0.5, 0.6) is 5.75 Å². The number of aromatic hydroxyl groups is 1. The predicted octanol–water partition coefficient (Wildman–Crippen LogP) is 5.10. The van der Waals surface area contributed by atoms with Crippen LogP contribution < -0.4 is 0 Å². The molecule has 3 aromatic rings. The number of nitrogens with zero attached hydrogens (tertiary/aromatic N) is 1. The standard InChI is InChI=1S/C20H19NO2S/c1-2-3-11-23-20(24)18-19(22)17-10-9-15(12-16(17)13-21-18)14-7-5-4-6-8-14/h4-10,12-13,22H,2-3,11H2,1H3. The number of rotatable bonds is 5. The van der Waals surface area contributed by atoms with Gasteiger partial charge >= 0.3 is 0 Å². The number of thiocarbonyl (C=S) groups is 1. The van der Waals surface area contributed by atoms with E-state index in [1.165, 1.54) is 0 Å². The summed E-state index contributed by atoms with van der Waals surface area (Å²) >= 11 is 5.24. The van der Waals surface area contributed by atoms with E-state index in [4.69, 9.17) is 17.0 Å². The van der Waals surface area contributed by atoms with Crippen molar-refractivity contribution in [3.63, 3.8) is 0 Å². The summed E-state index contributed by atoms with van der Waals surface area (Å²) in [5.41, 5.74) is 2.54. The van der Waals surface area contributed by atoms with Crippen LogP contribution in [0.2, 0.25) is 0 Å². The molecule has 1 N–H and O–H groups in total. The van der Waals surface area contributed by atoms with Crippen molar-refractivity contribution in [1.29, 1.82) is 0 Å². The minimum atomic E-state index is 0.0774. The molecule has 0 bridgehead atoms. The second-order valence-electron chi connectivity index (χ2n) is 5.61. The van der Waals surface area contributed by atoms with Gasteiger partial charge in [0.2, 0.25) is 5.05 Å². The lowest BCUT2D eigenvalue weighted by Crippen LogP contribution is -2.07. The van der Waals surface area contributed by atoms with Gasteiger partial charge in [0.15, 0.2) is 11.4 Å². The average Bonchev–Trinajstić information content (AvgIpc) is 2.62. The van der Waals surface area contributed by atoms with Crippen molar-refractivity contribution in [1.82, 2.24) is 4.98 Å². The fraction of sp³-hybridized carbons (Fsp3) is 0.200. The Balaban J connectivity index is 1.94. The second kappa shape index (κ2) is 7.41. The number of aromatic nitrogens is 1. The van der Waals surface area contributed by atoms with Crippen molar-refractivity contribution < 1.29 is 9.84 Å². The maximum absolute atomic E-state index is 10.5. The van der Waals surface area contributed by atoms with Crippen LogP contribution in [0.15, 0.2) is 54.7 Å². The molecule has 0 aliphatic rings. The van der Waals surface area contributed by atoms with E-state index < -0.39 is 0 Å². The molecule has 0 atom stereocenters. The highest BCUT2D eigenvalue weighted by Gasteiger charge is 2.14. The Morgan fingerprint density at radius 3 is 2.67 bits per heavy atom. The molecule has 122 valence electrons. The highest BCUT2D eigenvalue weighted by Crippen LogP contribution is 2.31. The van der Waals surface area contributed by atoms with Crippen LogP contribution in [-0.2, 0) is 4.74 Å². The first-order valence-corrected chi connectivity index (χ1v) is 8.46. The van der Waals surface area contributed by atoms with Crippen LogP contribution in [0.3, 0.4) is 0 Å². The van der Waals surface area contributed by atoms with Gasteiger partial charge in [0.1, 0.15) is 0 Å². The molecular formula is C20H19NO2S. The lowest BCUT2D eigenvalue weighted by Gasteiger charge is -2.10. The van der Waals surface area contributed by atoms with Gasteiger partial charge in [-0.1, -0.05) is 49.7 Å². The first-order chi connectivity index (χ1) is 11.7. The van der Waals surface area contributed by atoms with Crippen LogP contribution in [0.4, 0.5) is 0 Å². The molecule has 1 aromatic heterocycles. The summed E-state index contributed by atoms with van der Waals surface area (Å²) in [6.45, 7) is 2.63. The number of hydrogen-bond acceptors (Lipinski definition) is 4. The summed E-state index contributed by atoms with van der Waals surface area (Å²) in [7, 11) is 0. The lowest BCUT2D eigenvalue weighted by molar-refractivity contribution is 0.303. The summed E-state index contributed by atoms with van der Waals surface area (Å²) in [4.78, 5) is 4.30. The van der Waals surface area contributed by atoms with E-state index in [1.54, 1.807) is 6.20 Å². The number of ether oxygens (including phenoxy) is 1. The van der Waals surface area contributed by atoms with Crippen LogP contribution in [-0.4, -0.2) is 21.7 Å². The SMILES string of the molecule is CCCCOC(=S)c1ncc2cc(-c3ccccc3)ccc2c1O. The zero-order valence-electron chi connectivity index (χ0n) is 13.5. The third-order valence-electron chi connectivity index (χ3n) is 3.90. The van der Waals surface area contributed by atoms with Crippen molar-refractivity contribution in [2.45, 2.75) is 19.8 Å². The Bertz CT molecular complexity index is 862. The van der Waals surface area contributed by atoms with Crippen LogP contribution in [0.1, 0.15) is 25.5 Å². The van der Waals surface area contributed by atoms with E-state index in [0.717, 1.165) is 34.7 Å². The van der Waals surface area contributed by atoms with E-state index in [2.05, 4.69) is 24.0 Å². The third kappa shape index (κ3) is 3.39. The number of benzene rings is 2.